The van der Waals surface area contributed by atoms with Crippen molar-refractivity contribution in [3.63, 3.8) is 0 Å². The first-order valence-corrected chi connectivity index (χ1v) is 5.28. The molecule has 0 saturated carbocycles. The average molecular weight is 245 g/mol. The van der Waals surface area contributed by atoms with E-state index in [4.69, 9.17) is 10.5 Å². The molecule has 1 rings (SSSR count). The second-order valence-corrected chi connectivity index (χ2v) is 4.08. The Bertz CT molecular complexity index is 394. The SMILES string of the molecule is COc1c(C(F)F)cc(C)cc1C(O)C(C)N. The molecule has 1 aromatic carbocycles. The van der Waals surface area contributed by atoms with E-state index < -0.39 is 18.6 Å². The molecule has 0 aromatic heterocycles. The molecule has 3 N–H and O–H groups in total. The summed E-state index contributed by atoms with van der Waals surface area (Å²) in [7, 11) is 1.30. The van der Waals surface area contributed by atoms with Crippen LogP contribution in [-0.2, 0) is 0 Å². The van der Waals surface area contributed by atoms with Crippen molar-refractivity contribution in [2.24, 2.45) is 5.73 Å². The fraction of sp³-hybridized carbons (Fsp3) is 0.500. The number of hydrogen-bond acceptors (Lipinski definition) is 3. The van der Waals surface area contributed by atoms with Crippen LogP contribution in [0.5, 0.6) is 5.75 Å². The standard InChI is InChI=1S/C12H17F2NO2/c1-6-4-8(10(16)7(2)15)11(17-3)9(5-6)12(13)14/h4-5,7,10,12,16H,15H2,1-3H3. The molecule has 0 fully saturated rings. The van der Waals surface area contributed by atoms with Gasteiger partial charge < -0.3 is 15.6 Å². The van der Waals surface area contributed by atoms with E-state index in [0.717, 1.165) is 0 Å². The molecule has 17 heavy (non-hydrogen) atoms. The van der Waals surface area contributed by atoms with E-state index in [1.54, 1.807) is 19.9 Å². The Labute approximate surface area is 99.2 Å². The Morgan fingerprint density at radius 2 is 1.82 bits per heavy atom. The van der Waals surface area contributed by atoms with E-state index in [1.165, 1.54) is 13.2 Å². The van der Waals surface area contributed by atoms with Crippen LogP contribution in [0.15, 0.2) is 12.1 Å². The van der Waals surface area contributed by atoms with Crippen LogP contribution in [0.1, 0.15) is 36.1 Å². The van der Waals surface area contributed by atoms with Gasteiger partial charge in [-0.1, -0.05) is 5.56 Å². The van der Waals surface area contributed by atoms with Crippen molar-refractivity contribution >= 4 is 0 Å². The van der Waals surface area contributed by atoms with Crippen LogP contribution < -0.4 is 10.5 Å². The van der Waals surface area contributed by atoms with Crippen molar-refractivity contribution in [1.82, 2.24) is 0 Å². The highest BCUT2D eigenvalue weighted by molar-refractivity contribution is 5.46. The number of rotatable bonds is 4. The lowest BCUT2D eigenvalue weighted by Crippen LogP contribution is -2.25. The van der Waals surface area contributed by atoms with Gasteiger partial charge in [-0.25, -0.2) is 8.78 Å². The van der Waals surface area contributed by atoms with Crippen LogP contribution in [0.3, 0.4) is 0 Å². The van der Waals surface area contributed by atoms with Crippen molar-refractivity contribution in [1.29, 1.82) is 0 Å². The van der Waals surface area contributed by atoms with Crippen LogP contribution in [0.2, 0.25) is 0 Å². The Kier molecular flexibility index (Phi) is 4.42. The van der Waals surface area contributed by atoms with Gasteiger partial charge in [0.2, 0.25) is 0 Å². The number of halogens is 2. The predicted molar refractivity (Wildman–Crippen MR) is 61.3 cm³/mol. The van der Waals surface area contributed by atoms with Gasteiger partial charge in [-0.05, 0) is 26.0 Å². The zero-order valence-electron chi connectivity index (χ0n) is 10.1. The Hall–Kier alpha value is -1.20. The van der Waals surface area contributed by atoms with Gasteiger partial charge in [0.15, 0.2) is 0 Å². The van der Waals surface area contributed by atoms with Crippen molar-refractivity contribution in [3.8, 4) is 5.75 Å². The third kappa shape index (κ3) is 2.92. The van der Waals surface area contributed by atoms with Gasteiger partial charge in [0.25, 0.3) is 6.43 Å². The van der Waals surface area contributed by atoms with Crippen molar-refractivity contribution < 1.29 is 18.6 Å². The van der Waals surface area contributed by atoms with Crippen molar-refractivity contribution in [2.45, 2.75) is 32.4 Å². The third-order valence-electron chi connectivity index (χ3n) is 2.55. The zero-order valence-corrected chi connectivity index (χ0v) is 10.1. The monoisotopic (exact) mass is 245 g/mol. The summed E-state index contributed by atoms with van der Waals surface area (Å²) in [5, 5.41) is 9.89. The number of alkyl halides is 2. The number of aryl methyl sites for hydroxylation is 1. The molecular weight excluding hydrogens is 228 g/mol. The molecule has 2 atom stereocenters. The van der Waals surface area contributed by atoms with Gasteiger partial charge in [0, 0.05) is 11.6 Å². The lowest BCUT2D eigenvalue weighted by atomic mass is 9.97. The number of nitrogens with two attached hydrogens (primary N) is 1. The predicted octanol–water partition coefficient (Wildman–Crippen LogP) is 2.32. The fourth-order valence-electron chi connectivity index (χ4n) is 1.73. The summed E-state index contributed by atoms with van der Waals surface area (Å²) in [5.41, 5.74) is 6.29. The molecule has 5 heteroatoms. The molecule has 0 radical (unpaired) electrons. The summed E-state index contributed by atoms with van der Waals surface area (Å²) in [5.74, 6) is 0.00963. The summed E-state index contributed by atoms with van der Waals surface area (Å²) < 4.78 is 30.7. The molecule has 3 nitrogen and oxygen atoms in total. The van der Waals surface area contributed by atoms with Crippen LogP contribution in [-0.4, -0.2) is 18.3 Å². The first-order valence-electron chi connectivity index (χ1n) is 5.28. The van der Waals surface area contributed by atoms with Crippen LogP contribution in [0.4, 0.5) is 8.78 Å². The Morgan fingerprint density at radius 3 is 2.24 bits per heavy atom. The highest BCUT2D eigenvalue weighted by Crippen LogP contribution is 2.36. The summed E-state index contributed by atoms with van der Waals surface area (Å²) in [6, 6.07) is 2.40. The first kappa shape index (κ1) is 13.9. The van der Waals surface area contributed by atoms with Gasteiger partial charge in [-0.15, -0.1) is 0 Å². The highest BCUT2D eigenvalue weighted by Gasteiger charge is 2.23. The first-order chi connectivity index (χ1) is 7.88. The molecule has 0 aliphatic rings. The number of benzene rings is 1. The molecular formula is C12H17F2NO2. The molecule has 0 aliphatic carbocycles. The molecule has 0 bridgehead atoms. The number of ether oxygens (including phenoxy) is 1. The van der Waals surface area contributed by atoms with E-state index in [9.17, 15) is 13.9 Å². The summed E-state index contributed by atoms with van der Waals surface area (Å²) in [6.07, 6.45) is -3.67. The fourth-order valence-corrected chi connectivity index (χ4v) is 1.73. The molecule has 2 unspecified atom stereocenters. The van der Waals surface area contributed by atoms with Crippen LogP contribution in [0, 0.1) is 6.92 Å². The van der Waals surface area contributed by atoms with Gasteiger partial charge in [0.05, 0.1) is 18.8 Å². The number of methoxy groups -OCH3 is 1. The largest absolute Gasteiger partial charge is 0.496 e. The smallest absolute Gasteiger partial charge is 0.267 e. The topological polar surface area (TPSA) is 55.5 Å². The van der Waals surface area contributed by atoms with Crippen LogP contribution in [0.25, 0.3) is 0 Å². The van der Waals surface area contributed by atoms with Gasteiger partial charge >= 0.3 is 0 Å². The second kappa shape index (κ2) is 5.42. The summed E-state index contributed by atoms with van der Waals surface area (Å²) >= 11 is 0. The zero-order chi connectivity index (χ0) is 13.2. The summed E-state index contributed by atoms with van der Waals surface area (Å²) in [4.78, 5) is 0. The van der Waals surface area contributed by atoms with E-state index in [1.807, 2.05) is 0 Å². The number of aliphatic hydroxyl groups is 1. The Balaban J connectivity index is 3.37. The Morgan fingerprint density at radius 1 is 1.29 bits per heavy atom. The van der Waals surface area contributed by atoms with Crippen molar-refractivity contribution in [2.75, 3.05) is 7.11 Å². The molecule has 0 heterocycles. The van der Waals surface area contributed by atoms with E-state index in [-0.39, 0.29) is 11.3 Å². The lowest BCUT2D eigenvalue weighted by Gasteiger charge is -2.21. The van der Waals surface area contributed by atoms with E-state index >= 15 is 0 Å². The van der Waals surface area contributed by atoms with Gasteiger partial charge in [-0.2, -0.15) is 0 Å². The van der Waals surface area contributed by atoms with Gasteiger partial charge in [0.1, 0.15) is 5.75 Å². The highest BCUT2D eigenvalue weighted by atomic mass is 19.3. The third-order valence-corrected chi connectivity index (χ3v) is 2.55. The van der Waals surface area contributed by atoms with E-state index in [0.29, 0.717) is 11.1 Å². The van der Waals surface area contributed by atoms with Gasteiger partial charge in [-0.3, -0.25) is 0 Å². The second-order valence-electron chi connectivity index (χ2n) is 4.08. The van der Waals surface area contributed by atoms with Crippen LogP contribution >= 0.6 is 0 Å². The number of aliphatic hydroxyl groups excluding tert-OH is 1. The minimum absolute atomic E-state index is 0.00963. The number of hydrogen-bond donors (Lipinski definition) is 2. The van der Waals surface area contributed by atoms with Crippen molar-refractivity contribution in [3.05, 3.63) is 28.8 Å². The molecule has 0 spiro atoms. The maximum absolute atomic E-state index is 12.8. The quantitative estimate of drug-likeness (QED) is 0.856. The maximum Gasteiger partial charge on any atom is 0.267 e. The average Bonchev–Trinajstić information content (AvgIpc) is 2.26. The maximum atomic E-state index is 12.8. The molecule has 0 aliphatic heterocycles. The molecule has 0 saturated heterocycles. The molecule has 96 valence electrons. The molecule has 1 aromatic rings. The normalized spacial score (nSPS) is 14.8. The van der Waals surface area contributed by atoms with E-state index in [2.05, 4.69) is 0 Å². The minimum Gasteiger partial charge on any atom is -0.496 e. The summed E-state index contributed by atoms with van der Waals surface area (Å²) in [6.45, 7) is 3.29. The lowest BCUT2D eigenvalue weighted by molar-refractivity contribution is 0.137. The molecule has 0 amide bonds. The minimum atomic E-state index is -2.65.